The summed E-state index contributed by atoms with van der Waals surface area (Å²) in [5, 5.41) is 12.3. The number of H-pyrrole nitrogens is 1. The number of rotatable bonds is 7. The summed E-state index contributed by atoms with van der Waals surface area (Å²) in [5.74, 6) is -0.584. The number of carbonyl (C=O) groups excluding carboxylic acids is 2. The molecule has 1 fully saturated rings. The summed E-state index contributed by atoms with van der Waals surface area (Å²) < 4.78 is 5.76. The van der Waals surface area contributed by atoms with Gasteiger partial charge in [0, 0.05) is 53.7 Å². The first kappa shape index (κ1) is 25.1. The third-order valence-corrected chi connectivity index (χ3v) is 6.72. The number of aromatic amines is 1. The fourth-order valence-corrected chi connectivity index (χ4v) is 4.75. The molecule has 1 amide bonds. The number of nitrogens with one attached hydrogen (secondary N) is 1. The minimum Gasteiger partial charge on any atom is -0.507 e. The van der Waals surface area contributed by atoms with Crippen LogP contribution in [-0.2, 0) is 9.59 Å². The molecule has 38 heavy (non-hydrogen) atoms. The number of benzene rings is 3. The van der Waals surface area contributed by atoms with Crippen LogP contribution in [0, 0.1) is 5.92 Å². The van der Waals surface area contributed by atoms with Gasteiger partial charge in [0.1, 0.15) is 11.5 Å². The van der Waals surface area contributed by atoms with Gasteiger partial charge in [0.25, 0.3) is 11.7 Å². The van der Waals surface area contributed by atoms with Gasteiger partial charge in [0.2, 0.25) is 0 Å². The van der Waals surface area contributed by atoms with Crippen LogP contribution in [0.4, 0.5) is 11.4 Å². The molecule has 1 unspecified atom stereocenters. The van der Waals surface area contributed by atoms with Crippen LogP contribution in [0.25, 0.3) is 16.7 Å². The van der Waals surface area contributed by atoms with Gasteiger partial charge in [-0.05, 0) is 60.5 Å². The van der Waals surface area contributed by atoms with Crippen LogP contribution in [0.5, 0.6) is 5.75 Å². The number of Topliss-reactive ketones (excluding diaryl/α,β-unsaturated/α-hetero) is 1. The summed E-state index contributed by atoms with van der Waals surface area (Å²) in [6.45, 7) is 4.71. The molecule has 7 heteroatoms. The van der Waals surface area contributed by atoms with Gasteiger partial charge >= 0.3 is 0 Å². The Hall–Kier alpha value is -4.52. The Bertz CT molecular complexity index is 1520. The van der Waals surface area contributed by atoms with Crippen molar-refractivity contribution < 1.29 is 19.4 Å². The second-order valence-corrected chi connectivity index (χ2v) is 10.1. The zero-order chi connectivity index (χ0) is 27.0. The Balaban J connectivity index is 1.64. The highest BCUT2D eigenvalue weighted by Gasteiger charge is 2.47. The smallest absolute Gasteiger partial charge is 0.300 e. The lowest BCUT2D eigenvalue weighted by molar-refractivity contribution is -0.132. The number of fused-ring (bicyclic) bond motifs is 1. The van der Waals surface area contributed by atoms with E-state index in [1.807, 2.05) is 67.5 Å². The minimum absolute atomic E-state index is 0.0484. The number of nitrogens with zero attached hydrogens (tertiary/aromatic N) is 2. The Morgan fingerprint density at radius 1 is 1.00 bits per heavy atom. The number of hydrogen-bond donors (Lipinski definition) is 2. The van der Waals surface area contributed by atoms with E-state index < -0.39 is 17.7 Å². The molecule has 0 spiro atoms. The molecular formula is C31H31N3O4. The number of aliphatic hydroxyl groups is 1. The predicted molar refractivity (Wildman–Crippen MR) is 151 cm³/mol. The highest BCUT2D eigenvalue weighted by atomic mass is 16.5. The van der Waals surface area contributed by atoms with Crippen LogP contribution in [0.3, 0.4) is 0 Å². The van der Waals surface area contributed by atoms with Crippen molar-refractivity contribution in [1.29, 1.82) is 0 Å². The van der Waals surface area contributed by atoms with Gasteiger partial charge in [-0.3, -0.25) is 14.5 Å². The van der Waals surface area contributed by atoms with Crippen LogP contribution in [0.2, 0.25) is 0 Å². The van der Waals surface area contributed by atoms with Gasteiger partial charge in [-0.15, -0.1) is 0 Å². The highest BCUT2D eigenvalue weighted by Crippen LogP contribution is 2.44. The van der Waals surface area contributed by atoms with Crippen molar-refractivity contribution in [3.8, 4) is 5.75 Å². The summed E-state index contributed by atoms with van der Waals surface area (Å²) in [6.07, 6.45) is 1.80. The van der Waals surface area contributed by atoms with Crippen LogP contribution in [0.15, 0.2) is 84.6 Å². The highest BCUT2D eigenvalue weighted by molar-refractivity contribution is 6.51. The zero-order valence-corrected chi connectivity index (χ0v) is 21.9. The molecular weight excluding hydrogens is 478 g/mol. The first-order valence-corrected chi connectivity index (χ1v) is 12.6. The second kappa shape index (κ2) is 10.1. The normalized spacial score (nSPS) is 17.0. The summed E-state index contributed by atoms with van der Waals surface area (Å²) in [4.78, 5) is 33.7. The van der Waals surface area contributed by atoms with Crippen LogP contribution in [0.1, 0.15) is 31.0 Å². The molecule has 1 atom stereocenters. The molecule has 1 aliphatic rings. The molecule has 194 valence electrons. The van der Waals surface area contributed by atoms with Crippen LogP contribution >= 0.6 is 0 Å². The number of aliphatic hydroxyl groups excluding tert-OH is 1. The molecule has 2 N–H and O–H groups in total. The molecule has 0 aliphatic carbocycles. The zero-order valence-electron chi connectivity index (χ0n) is 21.9. The Kier molecular flexibility index (Phi) is 6.68. The van der Waals surface area contributed by atoms with E-state index in [9.17, 15) is 14.7 Å². The van der Waals surface area contributed by atoms with Crippen molar-refractivity contribution in [3.63, 3.8) is 0 Å². The van der Waals surface area contributed by atoms with Crippen LogP contribution in [-0.4, -0.2) is 42.5 Å². The average molecular weight is 510 g/mol. The summed E-state index contributed by atoms with van der Waals surface area (Å²) in [5.41, 5.74) is 3.64. The maximum atomic E-state index is 13.5. The lowest BCUT2D eigenvalue weighted by Gasteiger charge is -2.25. The lowest BCUT2D eigenvalue weighted by Crippen LogP contribution is -2.29. The van der Waals surface area contributed by atoms with Crippen molar-refractivity contribution in [2.45, 2.75) is 19.9 Å². The Morgan fingerprint density at radius 3 is 2.34 bits per heavy atom. The second-order valence-electron chi connectivity index (χ2n) is 10.1. The van der Waals surface area contributed by atoms with Crippen molar-refractivity contribution in [2.24, 2.45) is 5.92 Å². The topological polar surface area (TPSA) is 85.9 Å². The molecule has 7 nitrogen and oxygen atoms in total. The van der Waals surface area contributed by atoms with Crippen molar-refractivity contribution in [2.75, 3.05) is 30.5 Å². The van der Waals surface area contributed by atoms with E-state index in [-0.39, 0.29) is 11.3 Å². The number of carbonyl (C=O) groups is 2. The van der Waals surface area contributed by atoms with E-state index in [4.69, 9.17) is 4.74 Å². The van der Waals surface area contributed by atoms with E-state index in [2.05, 4.69) is 18.8 Å². The molecule has 1 saturated heterocycles. The third-order valence-electron chi connectivity index (χ3n) is 6.72. The van der Waals surface area contributed by atoms with Crippen molar-refractivity contribution >= 4 is 39.7 Å². The molecule has 4 aromatic rings. The van der Waals surface area contributed by atoms with E-state index >= 15 is 0 Å². The first-order valence-electron chi connectivity index (χ1n) is 12.6. The molecule has 0 saturated carbocycles. The minimum atomic E-state index is -0.812. The number of ether oxygens (including phenoxy) is 1. The molecule has 0 radical (unpaired) electrons. The third kappa shape index (κ3) is 4.52. The van der Waals surface area contributed by atoms with E-state index in [0.29, 0.717) is 29.5 Å². The molecule has 5 rings (SSSR count). The summed E-state index contributed by atoms with van der Waals surface area (Å²) in [6, 6.07) is 21.3. The predicted octanol–water partition coefficient (Wildman–Crippen LogP) is 5.90. The Labute approximate surface area is 222 Å². The van der Waals surface area contributed by atoms with E-state index in [1.165, 1.54) is 4.90 Å². The molecule has 2 heterocycles. The van der Waals surface area contributed by atoms with Crippen molar-refractivity contribution in [3.05, 3.63) is 95.7 Å². The number of amides is 1. The van der Waals surface area contributed by atoms with Gasteiger partial charge in [0.15, 0.2) is 0 Å². The van der Waals surface area contributed by atoms with Gasteiger partial charge in [-0.25, -0.2) is 0 Å². The SMILES string of the molecule is CC(C)COc1ccc(/C(O)=C2\C(=O)C(=O)N(c3ccc(N(C)C)cc3)C2c2c[nH]c3ccccc23)cc1. The number of hydrogen-bond acceptors (Lipinski definition) is 5. The lowest BCUT2D eigenvalue weighted by atomic mass is 9.94. The largest absolute Gasteiger partial charge is 0.507 e. The van der Waals surface area contributed by atoms with Crippen molar-refractivity contribution in [1.82, 2.24) is 4.98 Å². The van der Waals surface area contributed by atoms with E-state index in [1.54, 1.807) is 30.5 Å². The average Bonchev–Trinajstić information content (AvgIpc) is 3.45. The fourth-order valence-electron chi connectivity index (χ4n) is 4.75. The van der Waals surface area contributed by atoms with Gasteiger partial charge < -0.3 is 19.7 Å². The van der Waals surface area contributed by atoms with Gasteiger partial charge in [-0.2, -0.15) is 0 Å². The van der Waals surface area contributed by atoms with E-state index in [0.717, 1.165) is 22.2 Å². The first-order chi connectivity index (χ1) is 18.3. The number of aromatic nitrogens is 1. The number of ketones is 1. The standard InChI is InChI=1S/C31H31N3O4/c1-19(2)18-38-23-15-9-20(10-16-23)29(35)27-28(25-17-32-26-8-6-5-7-24(25)26)34(31(37)30(27)36)22-13-11-21(12-14-22)33(3)4/h5-17,19,28,32,35H,18H2,1-4H3/b29-27+. The number of anilines is 2. The Morgan fingerprint density at radius 2 is 1.68 bits per heavy atom. The summed E-state index contributed by atoms with van der Waals surface area (Å²) in [7, 11) is 3.87. The maximum Gasteiger partial charge on any atom is 0.300 e. The van der Waals surface area contributed by atoms with Gasteiger partial charge in [0.05, 0.1) is 18.2 Å². The van der Waals surface area contributed by atoms with Crippen LogP contribution < -0.4 is 14.5 Å². The molecule has 3 aromatic carbocycles. The monoisotopic (exact) mass is 509 g/mol. The molecule has 0 bridgehead atoms. The van der Waals surface area contributed by atoms with Gasteiger partial charge in [-0.1, -0.05) is 32.0 Å². The molecule has 1 aliphatic heterocycles. The molecule has 1 aromatic heterocycles. The maximum absolute atomic E-state index is 13.5. The summed E-state index contributed by atoms with van der Waals surface area (Å²) >= 11 is 0. The quantitative estimate of drug-likeness (QED) is 0.184. The number of para-hydroxylation sites is 1. The fraction of sp³-hybridized carbons (Fsp3) is 0.226.